The van der Waals surface area contributed by atoms with Crippen LogP contribution in [0.1, 0.15) is 37.4 Å². The van der Waals surface area contributed by atoms with Crippen molar-refractivity contribution in [1.82, 2.24) is 10.1 Å². The molecule has 1 saturated carbocycles. The summed E-state index contributed by atoms with van der Waals surface area (Å²) in [6.07, 6.45) is 1.27. The van der Waals surface area contributed by atoms with Crippen LogP contribution in [0.15, 0.2) is 4.52 Å². The summed E-state index contributed by atoms with van der Waals surface area (Å²) in [4.78, 5) is 4.19. The molecule has 1 N–H and O–H groups in total. The van der Waals surface area contributed by atoms with Gasteiger partial charge in [0.05, 0.1) is 6.10 Å². The van der Waals surface area contributed by atoms with Gasteiger partial charge in [-0.05, 0) is 19.8 Å². The van der Waals surface area contributed by atoms with E-state index < -0.39 is 0 Å². The zero-order valence-corrected chi connectivity index (χ0v) is 8.14. The molecular weight excluding hydrogens is 184 g/mol. The lowest BCUT2D eigenvalue weighted by Gasteiger charge is -2.27. The van der Waals surface area contributed by atoms with Crippen LogP contribution in [0.4, 0.5) is 0 Å². The van der Waals surface area contributed by atoms with E-state index in [0.717, 1.165) is 12.8 Å². The Kier molecular flexibility index (Phi) is 2.79. The van der Waals surface area contributed by atoms with Crippen LogP contribution in [0.25, 0.3) is 0 Å². The Labute approximate surface area is 82.1 Å². The largest absolute Gasteiger partial charge is 0.393 e. The molecule has 14 heavy (non-hydrogen) atoms. The van der Waals surface area contributed by atoms with E-state index in [4.69, 9.17) is 14.4 Å². The topological polar surface area (TPSA) is 68.4 Å². The number of rotatable bonds is 4. The first-order valence-corrected chi connectivity index (χ1v) is 4.88. The van der Waals surface area contributed by atoms with Crippen molar-refractivity contribution in [2.24, 2.45) is 0 Å². The second-order valence-corrected chi connectivity index (χ2v) is 3.51. The summed E-state index contributed by atoms with van der Waals surface area (Å²) in [5.74, 6) is 1.46. The molecule has 0 amide bonds. The normalized spacial score (nSPS) is 26.1. The monoisotopic (exact) mass is 198 g/mol. The van der Waals surface area contributed by atoms with Gasteiger partial charge < -0.3 is 14.4 Å². The van der Waals surface area contributed by atoms with Crippen molar-refractivity contribution in [2.75, 3.05) is 6.61 Å². The van der Waals surface area contributed by atoms with Crippen LogP contribution in [-0.4, -0.2) is 28.0 Å². The van der Waals surface area contributed by atoms with Crippen LogP contribution in [0.2, 0.25) is 0 Å². The summed E-state index contributed by atoms with van der Waals surface area (Å²) < 4.78 is 10.2. The second kappa shape index (κ2) is 4.06. The van der Waals surface area contributed by atoms with Gasteiger partial charge in [-0.15, -0.1) is 0 Å². The lowest BCUT2D eigenvalue weighted by molar-refractivity contribution is 0.0624. The summed E-state index contributed by atoms with van der Waals surface area (Å²) in [6.45, 7) is 2.96. The predicted molar refractivity (Wildman–Crippen MR) is 47.6 cm³/mol. The molecule has 1 aliphatic carbocycles. The fraction of sp³-hybridized carbons (Fsp3) is 0.778. The van der Waals surface area contributed by atoms with E-state index in [1.165, 1.54) is 0 Å². The summed E-state index contributed by atoms with van der Waals surface area (Å²) in [5, 5.41) is 12.9. The van der Waals surface area contributed by atoms with Gasteiger partial charge in [0.2, 0.25) is 5.89 Å². The fourth-order valence-electron chi connectivity index (χ4n) is 1.47. The Morgan fingerprint density at radius 1 is 1.57 bits per heavy atom. The van der Waals surface area contributed by atoms with Crippen LogP contribution < -0.4 is 0 Å². The van der Waals surface area contributed by atoms with Crippen molar-refractivity contribution >= 4 is 0 Å². The van der Waals surface area contributed by atoms with Gasteiger partial charge in [0.15, 0.2) is 5.82 Å². The highest BCUT2D eigenvalue weighted by molar-refractivity contribution is 5.00. The molecule has 0 unspecified atom stereocenters. The maximum atomic E-state index is 9.11. The van der Waals surface area contributed by atoms with Crippen LogP contribution in [-0.2, 0) is 11.3 Å². The number of aliphatic hydroxyl groups is 1. The zero-order chi connectivity index (χ0) is 9.97. The van der Waals surface area contributed by atoms with Gasteiger partial charge in [-0.25, -0.2) is 0 Å². The Balaban J connectivity index is 1.90. The van der Waals surface area contributed by atoms with Crippen molar-refractivity contribution in [3.63, 3.8) is 0 Å². The summed E-state index contributed by atoms with van der Waals surface area (Å²) in [5.41, 5.74) is 0. The van der Waals surface area contributed by atoms with Crippen molar-refractivity contribution in [1.29, 1.82) is 0 Å². The molecule has 0 bridgehead atoms. The minimum atomic E-state index is -0.192. The summed E-state index contributed by atoms with van der Waals surface area (Å²) in [6, 6.07) is 0. The van der Waals surface area contributed by atoms with E-state index in [9.17, 15) is 0 Å². The maximum absolute atomic E-state index is 9.11. The molecular formula is C9H14N2O3. The minimum Gasteiger partial charge on any atom is -0.393 e. The number of hydrogen-bond acceptors (Lipinski definition) is 5. The van der Waals surface area contributed by atoms with E-state index in [-0.39, 0.29) is 12.0 Å². The molecule has 1 heterocycles. The van der Waals surface area contributed by atoms with Crippen LogP contribution in [0.5, 0.6) is 0 Å². The SMILES string of the molecule is CCOCc1noc(C2CC(O)C2)n1. The number of ether oxygens (including phenoxy) is 1. The highest BCUT2D eigenvalue weighted by Gasteiger charge is 2.32. The second-order valence-electron chi connectivity index (χ2n) is 3.51. The standard InChI is InChI=1S/C9H14N2O3/c1-2-13-5-8-10-9(14-11-8)6-3-7(12)4-6/h6-7,12H,2-5H2,1H3. The highest BCUT2D eigenvalue weighted by Crippen LogP contribution is 2.35. The molecule has 1 aromatic rings. The molecule has 78 valence electrons. The van der Waals surface area contributed by atoms with Gasteiger partial charge in [0.25, 0.3) is 0 Å². The molecule has 1 aromatic heterocycles. The van der Waals surface area contributed by atoms with E-state index in [1.54, 1.807) is 0 Å². The lowest BCUT2D eigenvalue weighted by atomic mass is 9.82. The van der Waals surface area contributed by atoms with E-state index in [2.05, 4.69) is 10.1 Å². The number of aromatic nitrogens is 2. The molecule has 2 rings (SSSR count). The van der Waals surface area contributed by atoms with Crippen molar-refractivity contribution in [3.05, 3.63) is 11.7 Å². The van der Waals surface area contributed by atoms with Gasteiger partial charge >= 0.3 is 0 Å². The molecule has 0 aliphatic heterocycles. The third-order valence-electron chi connectivity index (χ3n) is 2.38. The average Bonchev–Trinajstić information content (AvgIpc) is 2.58. The molecule has 0 saturated heterocycles. The third kappa shape index (κ3) is 1.93. The molecule has 0 aromatic carbocycles. The maximum Gasteiger partial charge on any atom is 0.230 e. The van der Waals surface area contributed by atoms with E-state index in [1.807, 2.05) is 6.92 Å². The fourth-order valence-corrected chi connectivity index (χ4v) is 1.47. The van der Waals surface area contributed by atoms with Gasteiger partial charge in [-0.3, -0.25) is 0 Å². The van der Waals surface area contributed by atoms with Gasteiger partial charge in [-0.1, -0.05) is 5.16 Å². The van der Waals surface area contributed by atoms with E-state index in [0.29, 0.717) is 24.9 Å². The summed E-state index contributed by atoms with van der Waals surface area (Å²) >= 11 is 0. The molecule has 1 fully saturated rings. The molecule has 0 spiro atoms. The first-order chi connectivity index (χ1) is 6.79. The Hall–Kier alpha value is -0.940. The average molecular weight is 198 g/mol. The minimum absolute atomic E-state index is 0.192. The van der Waals surface area contributed by atoms with E-state index >= 15 is 0 Å². The smallest absolute Gasteiger partial charge is 0.230 e. The van der Waals surface area contributed by atoms with Gasteiger partial charge in [-0.2, -0.15) is 4.98 Å². The van der Waals surface area contributed by atoms with Crippen LogP contribution in [0.3, 0.4) is 0 Å². The Bertz CT molecular complexity index is 294. The van der Waals surface area contributed by atoms with Gasteiger partial charge in [0.1, 0.15) is 6.61 Å². The zero-order valence-electron chi connectivity index (χ0n) is 8.14. The van der Waals surface area contributed by atoms with Crippen molar-refractivity contribution in [3.8, 4) is 0 Å². The van der Waals surface area contributed by atoms with Crippen molar-refractivity contribution in [2.45, 2.75) is 38.4 Å². The number of nitrogens with zero attached hydrogens (tertiary/aromatic N) is 2. The highest BCUT2D eigenvalue weighted by atomic mass is 16.5. The van der Waals surface area contributed by atoms with Crippen molar-refractivity contribution < 1.29 is 14.4 Å². The number of aliphatic hydroxyl groups excluding tert-OH is 1. The lowest BCUT2D eigenvalue weighted by Crippen LogP contribution is -2.26. The van der Waals surface area contributed by atoms with Crippen LogP contribution >= 0.6 is 0 Å². The predicted octanol–water partition coefficient (Wildman–Crippen LogP) is 0.844. The molecule has 1 aliphatic rings. The first-order valence-electron chi connectivity index (χ1n) is 4.88. The van der Waals surface area contributed by atoms with Gasteiger partial charge in [0, 0.05) is 12.5 Å². The molecule has 5 heteroatoms. The molecule has 0 atom stereocenters. The molecule has 0 radical (unpaired) electrons. The Morgan fingerprint density at radius 3 is 3.00 bits per heavy atom. The molecule has 5 nitrogen and oxygen atoms in total. The quantitative estimate of drug-likeness (QED) is 0.776. The number of hydrogen-bond donors (Lipinski definition) is 1. The van der Waals surface area contributed by atoms with Crippen LogP contribution in [0, 0.1) is 0 Å². The summed E-state index contributed by atoms with van der Waals surface area (Å²) in [7, 11) is 0. The first kappa shape index (κ1) is 9.61. The third-order valence-corrected chi connectivity index (χ3v) is 2.38. The Morgan fingerprint density at radius 2 is 2.36 bits per heavy atom.